The molecular weight excluding hydrogens is 258 g/mol. The van der Waals surface area contributed by atoms with E-state index < -0.39 is 42.2 Å². The van der Waals surface area contributed by atoms with Crippen molar-refractivity contribution < 1.29 is 33.9 Å². The Balaban J connectivity index is 2.65. The fraction of sp³-hybridized carbons (Fsp3) is 0.636. The van der Waals surface area contributed by atoms with Crippen LogP contribution in [0.4, 0.5) is 0 Å². The summed E-state index contributed by atoms with van der Waals surface area (Å²) in [5.74, 6) is -4.22. The van der Waals surface area contributed by atoms with Crippen molar-refractivity contribution in [2.45, 2.75) is 25.9 Å². The Labute approximate surface area is 109 Å². The average Bonchev–Trinajstić information content (AvgIpc) is 2.70. The zero-order valence-electron chi connectivity index (χ0n) is 10.6. The molecule has 1 fully saturated rings. The molecule has 0 aliphatic carbocycles. The molecule has 0 saturated carbocycles. The van der Waals surface area contributed by atoms with Gasteiger partial charge in [-0.25, -0.2) is 4.79 Å². The minimum absolute atomic E-state index is 0.0220. The Morgan fingerprint density at radius 3 is 2.26 bits per heavy atom. The van der Waals surface area contributed by atoms with Crippen molar-refractivity contribution in [3.05, 3.63) is 0 Å². The second-order valence-corrected chi connectivity index (χ2v) is 4.02. The number of rotatable bonds is 6. The van der Waals surface area contributed by atoms with Crippen molar-refractivity contribution in [3.63, 3.8) is 0 Å². The molecule has 1 aliphatic heterocycles. The fourth-order valence-corrected chi connectivity index (χ4v) is 1.50. The summed E-state index contributed by atoms with van der Waals surface area (Å²) in [6.07, 6.45) is -1.19. The van der Waals surface area contributed by atoms with E-state index >= 15 is 0 Å². The first-order valence-corrected chi connectivity index (χ1v) is 5.67. The van der Waals surface area contributed by atoms with Gasteiger partial charge in [0.25, 0.3) is 11.8 Å². The first-order valence-electron chi connectivity index (χ1n) is 5.67. The van der Waals surface area contributed by atoms with E-state index in [1.165, 1.54) is 14.0 Å². The van der Waals surface area contributed by atoms with Gasteiger partial charge in [-0.15, -0.1) is 5.06 Å². The standard InChI is InChI=1S/C11H15NO7/c1-6(10(16)7(5-13)18-2)11(17)19-12-8(14)3-4-9(12)15/h6-7,13H,3-5H2,1-2H3. The van der Waals surface area contributed by atoms with Gasteiger partial charge >= 0.3 is 5.97 Å². The summed E-state index contributed by atoms with van der Waals surface area (Å²) in [6, 6.07) is 0. The van der Waals surface area contributed by atoms with Gasteiger partial charge in [0.05, 0.1) is 6.61 Å². The summed E-state index contributed by atoms with van der Waals surface area (Å²) >= 11 is 0. The van der Waals surface area contributed by atoms with Crippen LogP contribution in [-0.2, 0) is 28.8 Å². The van der Waals surface area contributed by atoms with Crippen molar-refractivity contribution in [3.8, 4) is 0 Å². The SMILES string of the molecule is COC(CO)C(=O)C(C)C(=O)ON1C(=O)CCC1=O. The van der Waals surface area contributed by atoms with Gasteiger partial charge in [-0.3, -0.25) is 14.4 Å². The Bertz CT molecular complexity index is 386. The normalized spacial score (nSPS) is 18.4. The molecule has 1 aliphatic rings. The largest absolute Gasteiger partial charge is 0.393 e. The van der Waals surface area contributed by atoms with E-state index in [1.807, 2.05) is 0 Å². The van der Waals surface area contributed by atoms with Gasteiger partial charge in [0.15, 0.2) is 5.78 Å². The molecule has 8 heteroatoms. The number of aliphatic hydroxyl groups is 1. The van der Waals surface area contributed by atoms with Crippen LogP contribution in [0.3, 0.4) is 0 Å². The van der Waals surface area contributed by atoms with Gasteiger partial charge in [0, 0.05) is 20.0 Å². The lowest BCUT2D eigenvalue weighted by molar-refractivity contribution is -0.201. The van der Waals surface area contributed by atoms with Gasteiger partial charge < -0.3 is 14.7 Å². The highest BCUT2D eigenvalue weighted by atomic mass is 16.7. The minimum atomic E-state index is -1.25. The number of imide groups is 1. The van der Waals surface area contributed by atoms with Gasteiger partial charge in [0.1, 0.15) is 12.0 Å². The predicted octanol–water partition coefficient (Wildman–Crippen LogP) is -1.19. The van der Waals surface area contributed by atoms with Crippen LogP contribution in [0.25, 0.3) is 0 Å². The summed E-state index contributed by atoms with van der Waals surface area (Å²) in [7, 11) is 1.21. The molecule has 2 atom stereocenters. The van der Waals surface area contributed by atoms with Crippen molar-refractivity contribution in [2.24, 2.45) is 5.92 Å². The number of nitrogens with zero attached hydrogens (tertiary/aromatic N) is 1. The van der Waals surface area contributed by atoms with Crippen LogP contribution < -0.4 is 0 Å². The topological polar surface area (TPSA) is 110 Å². The highest BCUT2D eigenvalue weighted by molar-refractivity contribution is 6.04. The number of carbonyl (C=O) groups is 4. The van der Waals surface area contributed by atoms with Crippen LogP contribution in [0.1, 0.15) is 19.8 Å². The van der Waals surface area contributed by atoms with Crippen molar-refractivity contribution in [2.75, 3.05) is 13.7 Å². The monoisotopic (exact) mass is 273 g/mol. The zero-order valence-corrected chi connectivity index (χ0v) is 10.6. The Hall–Kier alpha value is -1.80. The third-order valence-corrected chi connectivity index (χ3v) is 2.74. The van der Waals surface area contributed by atoms with Crippen molar-refractivity contribution in [1.82, 2.24) is 5.06 Å². The lowest BCUT2D eigenvalue weighted by Crippen LogP contribution is -2.40. The summed E-state index contributed by atoms with van der Waals surface area (Å²) in [4.78, 5) is 50.4. The molecule has 1 heterocycles. The molecule has 1 saturated heterocycles. The fourth-order valence-electron chi connectivity index (χ4n) is 1.50. The molecule has 0 aromatic rings. The highest BCUT2D eigenvalue weighted by Crippen LogP contribution is 2.15. The van der Waals surface area contributed by atoms with E-state index in [4.69, 9.17) is 5.11 Å². The number of methoxy groups -OCH3 is 1. The van der Waals surface area contributed by atoms with Crippen LogP contribution >= 0.6 is 0 Å². The number of carbonyl (C=O) groups excluding carboxylic acids is 4. The van der Waals surface area contributed by atoms with Crippen LogP contribution in [0.15, 0.2) is 0 Å². The molecule has 1 N–H and O–H groups in total. The highest BCUT2D eigenvalue weighted by Gasteiger charge is 2.36. The van der Waals surface area contributed by atoms with Gasteiger partial charge in [-0.1, -0.05) is 0 Å². The number of hydrogen-bond donors (Lipinski definition) is 1. The number of ether oxygens (including phenoxy) is 1. The summed E-state index contributed by atoms with van der Waals surface area (Å²) in [6.45, 7) is 0.673. The van der Waals surface area contributed by atoms with E-state index in [0.717, 1.165) is 0 Å². The Morgan fingerprint density at radius 2 is 1.84 bits per heavy atom. The Morgan fingerprint density at radius 1 is 1.32 bits per heavy atom. The third-order valence-electron chi connectivity index (χ3n) is 2.74. The quantitative estimate of drug-likeness (QED) is 0.478. The number of hydroxylamine groups is 2. The maximum absolute atomic E-state index is 11.7. The lowest BCUT2D eigenvalue weighted by Gasteiger charge is -2.18. The molecule has 8 nitrogen and oxygen atoms in total. The average molecular weight is 273 g/mol. The summed E-state index contributed by atoms with van der Waals surface area (Å²) in [5, 5.41) is 9.25. The first-order chi connectivity index (χ1) is 8.92. The van der Waals surface area contributed by atoms with E-state index in [9.17, 15) is 19.2 Å². The van der Waals surface area contributed by atoms with Crippen LogP contribution in [0.5, 0.6) is 0 Å². The lowest BCUT2D eigenvalue weighted by atomic mass is 10.0. The molecule has 1 rings (SSSR count). The molecule has 0 bridgehead atoms. The smallest absolute Gasteiger partial charge is 0.343 e. The maximum atomic E-state index is 11.7. The molecule has 0 aromatic carbocycles. The van der Waals surface area contributed by atoms with Crippen molar-refractivity contribution in [1.29, 1.82) is 0 Å². The molecule has 2 amide bonds. The van der Waals surface area contributed by atoms with Crippen LogP contribution in [0, 0.1) is 5.92 Å². The number of aliphatic hydroxyl groups excluding tert-OH is 1. The number of Topliss-reactive ketones (excluding diaryl/α,β-unsaturated/α-hetero) is 1. The first kappa shape index (κ1) is 15.3. The molecule has 0 aromatic heterocycles. The van der Waals surface area contributed by atoms with Gasteiger partial charge in [-0.05, 0) is 6.92 Å². The minimum Gasteiger partial charge on any atom is -0.393 e. The summed E-state index contributed by atoms with van der Waals surface area (Å²) < 4.78 is 4.69. The number of amides is 2. The number of hydrogen-bond acceptors (Lipinski definition) is 7. The number of ketones is 1. The van der Waals surface area contributed by atoms with Crippen molar-refractivity contribution >= 4 is 23.6 Å². The molecule has 0 radical (unpaired) electrons. The second kappa shape index (κ2) is 6.39. The van der Waals surface area contributed by atoms with E-state index in [1.54, 1.807) is 0 Å². The zero-order chi connectivity index (χ0) is 14.6. The van der Waals surface area contributed by atoms with E-state index in [0.29, 0.717) is 5.06 Å². The molecule has 19 heavy (non-hydrogen) atoms. The van der Waals surface area contributed by atoms with Crippen LogP contribution in [0.2, 0.25) is 0 Å². The summed E-state index contributed by atoms with van der Waals surface area (Å²) in [5.41, 5.74) is 0. The maximum Gasteiger partial charge on any atom is 0.343 e. The van der Waals surface area contributed by atoms with E-state index in [-0.39, 0.29) is 12.8 Å². The molecule has 106 valence electrons. The third kappa shape index (κ3) is 3.36. The van der Waals surface area contributed by atoms with Crippen LogP contribution in [-0.4, -0.2) is 53.6 Å². The molecular formula is C11H15NO7. The van der Waals surface area contributed by atoms with E-state index in [2.05, 4.69) is 9.57 Å². The van der Waals surface area contributed by atoms with Gasteiger partial charge in [-0.2, -0.15) is 0 Å². The van der Waals surface area contributed by atoms with Gasteiger partial charge in [0.2, 0.25) is 0 Å². The Kier molecular flexibility index (Phi) is 5.13. The predicted molar refractivity (Wildman–Crippen MR) is 59.2 cm³/mol. The molecule has 2 unspecified atom stereocenters. The molecule has 0 spiro atoms. The second-order valence-electron chi connectivity index (χ2n) is 4.02.